The topological polar surface area (TPSA) is 123 Å². The van der Waals surface area contributed by atoms with Crippen LogP contribution in [0.15, 0.2) is 90.0 Å². The summed E-state index contributed by atoms with van der Waals surface area (Å²) in [5.41, 5.74) is 4.57. The van der Waals surface area contributed by atoms with E-state index in [1.165, 1.54) is 4.31 Å². The fraction of sp³-hybridized carbons (Fsp3) is 0.235. The number of nitrogens with zero attached hydrogens (tertiary/aromatic N) is 6. The van der Waals surface area contributed by atoms with E-state index in [4.69, 9.17) is 14.8 Å². The van der Waals surface area contributed by atoms with E-state index >= 15 is 0 Å². The molecule has 0 radical (unpaired) electrons. The van der Waals surface area contributed by atoms with Gasteiger partial charge in [0, 0.05) is 37.5 Å². The van der Waals surface area contributed by atoms with Gasteiger partial charge in [0.05, 0.1) is 39.7 Å². The standard InChI is InChI=1S/C34H32N6O4S/c1-3-44-34(41)24-16-18-39(19-17-24)45(42,43)29-13-9-10-25(21-29)32-27(23-40(37-32)28-11-5-4-6-12-28)20-26(22-35)33-36-30-14-7-8-15-31(30)38(33)2/h4-15,20-21,23-24H,3,16-19H2,1-2H3. The van der Waals surface area contributed by atoms with Crippen molar-refractivity contribution in [3.05, 3.63) is 96.4 Å². The highest BCUT2D eigenvalue weighted by molar-refractivity contribution is 7.89. The predicted molar refractivity (Wildman–Crippen MR) is 171 cm³/mol. The largest absolute Gasteiger partial charge is 0.466 e. The Hall–Kier alpha value is -5.05. The van der Waals surface area contributed by atoms with Crippen LogP contribution < -0.4 is 0 Å². The molecule has 1 aliphatic heterocycles. The average molecular weight is 621 g/mol. The molecule has 5 aromatic rings. The van der Waals surface area contributed by atoms with Gasteiger partial charge < -0.3 is 9.30 Å². The summed E-state index contributed by atoms with van der Waals surface area (Å²) in [4.78, 5) is 17.0. The number of esters is 1. The van der Waals surface area contributed by atoms with Gasteiger partial charge in [-0.1, -0.05) is 42.5 Å². The minimum absolute atomic E-state index is 0.134. The van der Waals surface area contributed by atoms with Gasteiger partial charge in [0.1, 0.15) is 11.8 Å². The highest BCUT2D eigenvalue weighted by Gasteiger charge is 2.33. The maximum Gasteiger partial charge on any atom is 0.309 e. The number of rotatable bonds is 8. The third-order valence-corrected chi connectivity index (χ3v) is 9.93. The van der Waals surface area contributed by atoms with E-state index in [9.17, 15) is 18.5 Å². The summed E-state index contributed by atoms with van der Waals surface area (Å²) in [6.07, 6.45) is 4.39. The normalized spacial score (nSPS) is 14.8. The van der Waals surface area contributed by atoms with E-state index < -0.39 is 10.0 Å². The third kappa shape index (κ3) is 5.90. The van der Waals surface area contributed by atoms with Gasteiger partial charge in [0.2, 0.25) is 10.0 Å². The van der Waals surface area contributed by atoms with Gasteiger partial charge in [-0.15, -0.1) is 0 Å². The zero-order chi connectivity index (χ0) is 31.6. The number of hydrogen-bond donors (Lipinski definition) is 0. The molecule has 2 aromatic heterocycles. The number of hydrogen-bond acceptors (Lipinski definition) is 7. The monoisotopic (exact) mass is 620 g/mol. The Bertz CT molecular complexity index is 2050. The van der Waals surface area contributed by atoms with Crippen molar-refractivity contribution in [2.45, 2.75) is 24.7 Å². The lowest BCUT2D eigenvalue weighted by Gasteiger charge is -2.30. The summed E-state index contributed by atoms with van der Waals surface area (Å²) in [5.74, 6) is -0.0640. The minimum Gasteiger partial charge on any atom is -0.466 e. The number of imidazole rings is 1. The Morgan fingerprint density at radius 3 is 2.49 bits per heavy atom. The van der Waals surface area contributed by atoms with E-state index in [-0.39, 0.29) is 29.9 Å². The fourth-order valence-corrected chi connectivity index (χ4v) is 7.18. The molecule has 0 saturated carbocycles. The molecule has 0 amide bonds. The van der Waals surface area contributed by atoms with Crippen LogP contribution in [-0.4, -0.2) is 57.7 Å². The second-order valence-corrected chi connectivity index (χ2v) is 12.8. The van der Waals surface area contributed by atoms with Crippen LogP contribution in [0, 0.1) is 17.2 Å². The van der Waals surface area contributed by atoms with E-state index in [2.05, 4.69) is 6.07 Å². The summed E-state index contributed by atoms with van der Waals surface area (Å²) < 4.78 is 37.6. The first-order valence-electron chi connectivity index (χ1n) is 14.8. The number of allylic oxidation sites excluding steroid dienone is 1. The smallest absolute Gasteiger partial charge is 0.309 e. The van der Waals surface area contributed by atoms with Gasteiger partial charge in [-0.2, -0.15) is 14.7 Å². The third-order valence-electron chi connectivity index (χ3n) is 8.03. The van der Waals surface area contributed by atoms with Gasteiger partial charge in [-0.25, -0.2) is 18.1 Å². The van der Waals surface area contributed by atoms with Crippen molar-refractivity contribution in [1.82, 2.24) is 23.6 Å². The number of benzene rings is 3. The first-order valence-corrected chi connectivity index (χ1v) is 16.2. The average Bonchev–Trinajstić information content (AvgIpc) is 3.65. The molecule has 228 valence electrons. The van der Waals surface area contributed by atoms with Crippen LogP contribution in [0.2, 0.25) is 0 Å². The summed E-state index contributed by atoms with van der Waals surface area (Å²) in [5, 5.41) is 15.1. The first kappa shape index (κ1) is 30.0. The number of nitriles is 1. The molecule has 10 nitrogen and oxygen atoms in total. The van der Waals surface area contributed by atoms with E-state index in [0.717, 1.165) is 16.7 Å². The molecule has 1 saturated heterocycles. The van der Waals surface area contributed by atoms with Gasteiger partial charge in [0.25, 0.3) is 0 Å². The molecule has 1 fully saturated rings. The van der Waals surface area contributed by atoms with Gasteiger partial charge in [0.15, 0.2) is 5.82 Å². The van der Waals surface area contributed by atoms with Gasteiger partial charge in [-0.05, 0) is 62.2 Å². The van der Waals surface area contributed by atoms with Crippen molar-refractivity contribution in [3.8, 4) is 23.0 Å². The van der Waals surface area contributed by atoms with Gasteiger partial charge in [-0.3, -0.25) is 4.79 Å². The number of carbonyl (C=O) groups is 1. The number of sulfonamides is 1. The zero-order valence-corrected chi connectivity index (χ0v) is 25.8. The SMILES string of the molecule is CCOC(=O)C1CCN(S(=O)(=O)c2cccc(-c3nn(-c4ccccc4)cc3C=C(C#N)c3nc4ccccc4n3C)c2)CC1. The Balaban J connectivity index is 1.39. The predicted octanol–water partition coefficient (Wildman–Crippen LogP) is 5.45. The lowest BCUT2D eigenvalue weighted by atomic mass is 9.98. The fourth-order valence-electron chi connectivity index (χ4n) is 5.66. The second kappa shape index (κ2) is 12.5. The van der Waals surface area contributed by atoms with E-state index in [1.807, 2.05) is 78.5 Å². The Morgan fingerprint density at radius 1 is 1.04 bits per heavy atom. The lowest BCUT2D eigenvalue weighted by molar-refractivity contribution is -0.149. The summed E-state index contributed by atoms with van der Waals surface area (Å²) >= 11 is 0. The van der Waals surface area contributed by atoms with Crippen molar-refractivity contribution < 1.29 is 17.9 Å². The van der Waals surface area contributed by atoms with Crippen molar-refractivity contribution in [1.29, 1.82) is 5.26 Å². The Kier molecular flexibility index (Phi) is 8.34. The van der Waals surface area contributed by atoms with Crippen molar-refractivity contribution in [2.24, 2.45) is 13.0 Å². The van der Waals surface area contributed by atoms with E-state index in [0.29, 0.717) is 47.7 Å². The number of fused-ring (bicyclic) bond motifs is 1. The van der Waals surface area contributed by atoms with Crippen LogP contribution in [0.1, 0.15) is 31.2 Å². The highest BCUT2D eigenvalue weighted by Crippen LogP contribution is 2.32. The minimum atomic E-state index is -3.84. The molecule has 0 N–H and O–H groups in total. The second-order valence-electron chi connectivity index (χ2n) is 10.8. The van der Waals surface area contributed by atoms with Crippen molar-refractivity contribution in [3.63, 3.8) is 0 Å². The molecule has 0 bridgehead atoms. The molecule has 3 heterocycles. The van der Waals surface area contributed by atoms with Crippen LogP contribution in [0.5, 0.6) is 0 Å². The molecule has 6 rings (SSSR count). The number of carbonyl (C=O) groups excluding carboxylic acids is 1. The summed E-state index contributed by atoms with van der Waals surface area (Å²) in [7, 11) is -1.97. The maximum absolute atomic E-state index is 13.7. The summed E-state index contributed by atoms with van der Waals surface area (Å²) in [6.45, 7) is 2.53. The Morgan fingerprint density at radius 2 is 1.78 bits per heavy atom. The zero-order valence-electron chi connectivity index (χ0n) is 25.0. The molecular formula is C34H32N6O4S. The number of aromatic nitrogens is 4. The maximum atomic E-state index is 13.7. The first-order chi connectivity index (χ1) is 21.8. The van der Waals surface area contributed by atoms with Crippen LogP contribution in [-0.2, 0) is 26.6 Å². The molecule has 1 aliphatic rings. The number of aryl methyl sites for hydroxylation is 1. The van der Waals surface area contributed by atoms with Crippen LogP contribution >= 0.6 is 0 Å². The molecule has 0 aliphatic carbocycles. The van der Waals surface area contributed by atoms with Crippen molar-refractivity contribution >= 4 is 38.7 Å². The number of piperidine rings is 1. The number of ether oxygens (including phenoxy) is 1. The Labute approximate surface area is 261 Å². The van der Waals surface area contributed by atoms with E-state index in [1.54, 1.807) is 35.9 Å². The molecular weight excluding hydrogens is 588 g/mol. The van der Waals surface area contributed by atoms with Gasteiger partial charge >= 0.3 is 5.97 Å². The number of para-hydroxylation sites is 3. The molecule has 3 aromatic carbocycles. The molecule has 45 heavy (non-hydrogen) atoms. The molecule has 0 atom stereocenters. The van der Waals surface area contributed by atoms with Crippen molar-refractivity contribution in [2.75, 3.05) is 19.7 Å². The molecule has 11 heteroatoms. The van der Waals surface area contributed by atoms with Crippen LogP contribution in [0.4, 0.5) is 0 Å². The summed E-state index contributed by atoms with van der Waals surface area (Å²) in [6, 6.07) is 26.2. The van der Waals surface area contributed by atoms with Crippen LogP contribution in [0.3, 0.4) is 0 Å². The lowest BCUT2D eigenvalue weighted by Crippen LogP contribution is -2.40. The quantitative estimate of drug-likeness (QED) is 0.167. The van der Waals surface area contributed by atoms with Crippen LogP contribution in [0.25, 0.3) is 39.6 Å². The molecule has 0 spiro atoms. The molecule has 0 unspecified atom stereocenters. The highest BCUT2D eigenvalue weighted by atomic mass is 32.2.